The minimum atomic E-state index is -0.894. The Hall–Kier alpha value is -1.63. The number of rotatable bonds is 2. The zero-order valence-electron chi connectivity index (χ0n) is 6.28. The van der Waals surface area contributed by atoms with Crippen molar-refractivity contribution in [2.24, 2.45) is 0 Å². The predicted molar refractivity (Wildman–Crippen MR) is 40.2 cm³/mol. The molecule has 0 bridgehead atoms. The Bertz CT molecular complexity index is 271. The van der Waals surface area contributed by atoms with Gasteiger partial charge in [-0.25, -0.2) is 4.79 Å². The monoisotopic (exact) mass is 168 g/mol. The molecule has 0 spiro atoms. The van der Waals surface area contributed by atoms with Gasteiger partial charge in [0.05, 0.1) is 0 Å². The van der Waals surface area contributed by atoms with Crippen LogP contribution in [0.5, 0.6) is 0 Å². The smallest absolute Gasteiger partial charge is 0.377 e. The molecule has 0 aliphatic carbocycles. The number of hydrogen-bond donors (Lipinski definition) is 2. The molecule has 0 radical (unpaired) electrons. The summed E-state index contributed by atoms with van der Waals surface area (Å²) in [5.41, 5.74) is 0. The zero-order valence-corrected chi connectivity index (χ0v) is 6.28. The van der Waals surface area contributed by atoms with Crippen LogP contribution in [0.25, 0.3) is 0 Å². The highest BCUT2D eigenvalue weighted by atomic mass is 16.6. The van der Waals surface area contributed by atoms with Gasteiger partial charge in [-0.2, -0.15) is 0 Å². The predicted octanol–water partition coefficient (Wildman–Crippen LogP) is 0.653. The minimum Gasteiger partial charge on any atom is -0.505 e. The molecule has 4 heteroatoms. The van der Waals surface area contributed by atoms with Crippen LogP contribution in [-0.2, 0) is 9.53 Å². The first-order valence-electron chi connectivity index (χ1n) is 3.43. The molecular formula is C8H8O4. The topological polar surface area (TPSA) is 66.8 Å². The van der Waals surface area contributed by atoms with E-state index in [1.165, 1.54) is 0 Å². The Balaban J connectivity index is 2.62. The highest BCUT2D eigenvalue weighted by Crippen LogP contribution is 2.21. The third-order valence-electron chi connectivity index (χ3n) is 1.54. The summed E-state index contributed by atoms with van der Waals surface area (Å²) in [5, 5.41) is 17.9. The number of esters is 1. The summed E-state index contributed by atoms with van der Waals surface area (Å²) < 4.78 is 4.58. The Morgan fingerprint density at radius 3 is 2.67 bits per heavy atom. The van der Waals surface area contributed by atoms with Crippen LogP contribution in [0, 0.1) is 12.3 Å². The molecule has 0 aromatic rings. The standard InChI is InChI=1S/C8H8O4/c1-2-3-4-5-6(9)7(10)8(11)12-5/h1,5,9-10H,3-4H2. The molecular weight excluding hydrogens is 160 g/mol. The molecule has 1 heterocycles. The van der Waals surface area contributed by atoms with E-state index < -0.39 is 23.6 Å². The number of carbonyl (C=O) groups is 1. The summed E-state index contributed by atoms with van der Waals surface area (Å²) in [6.07, 6.45) is 4.92. The summed E-state index contributed by atoms with van der Waals surface area (Å²) >= 11 is 0. The molecule has 2 N–H and O–H groups in total. The van der Waals surface area contributed by atoms with Crippen LogP contribution in [0.1, 0.15) is 12.8 Å². The van der Waals surface area contributed by atoms with Gasteiger partial charge in [0.25, 0.3) is 0 Å². The van der Waals surface area contributed by atoms with Crippen molar-refractivity contribution in [1.82, 2.24) is 0 Å². The number of hydrogen-bond acceptors (Lipinski definition) is 4. The van der Waals surface area contributed by atoms with Crippen LogP contribution < -0.4 is 0 Å². The molecule has 0 amide bonds. The number of cyclic esters (lactones) is 1. The molecule has 4 nitrogen and oxygen atoms in total. The lowest BCUT2D eigenvalue weighted by Crippen LogP contribution is -2.10. The maximum atomic E-state index is 10.6. The summed E-state index contributed by atoms with van der Waals surface area (Å²) in [7, 11) is 0. The number of aliphatic hydroxyl groups excluding tert-OH is 2. The molecule has 1 unspecified atom stereocenters. The second-order valence-electron chi connectivity index (χ2n) is 2.37. The summed E-state index contributed by atoms with van der Waals surface area (Å²) in [5.74, 6) is 0.312. The van der Waals surface area contributed by atoms with Crippen molar-refractivity contribution < 1.29 is 19.7 Å². The van der Waals surface area contributed by atoms with E-state index in [1.54, 1.807) is 0 Å². The molecule has 1 aliphatic rings. The molecule has 1 atom stereocenters. The van der Waals surface area contributed by atoms with Crippen LogP contribution in [0.4, 0.5) is 0 Å². The largest absolute Gasteiger partial charge is 0.505 e. The van der Waals surface area contributed by atoms with Crippen molar-refractivity contribution in [3.63, 3.8) is 0 Å². The van der Waals surface area contributed by atoms with Gasteiger partial charge in [0.2, 0.25) is 5.76 Å². The quantitative estimate of drug-likeness (QED) is 0.469. The molecule has 1 aliphatic heterocycles. The minimum absolute atomic E-state index is 0.331. The van der Waals surface area contributed by atoms with Crippen LogP contribution in [-0.4, -0.2) is 22.3 Å². The Morgan fingerprint density at radius 1 is 1.58 bits per heavy atom. The van der Waals surface area contributed by atoms with Crippen molar-refractivity contribution in [2.75, 3.05) is 0 Å². The van der Waals surface area contributed by atoms with Crippen molar-refractivity contribution in [3.8, 4) is 12.3 Å². The van der Waals surface area contributed by atoms with E-state index in [2.05, 4.69) is 10.7 Å². The maximum absolute atomic E-state index is 10.6. The van der Waals surface area contributed by atoms with Gasteiger partial charge in [0.15, 0.2) is 11.9 Å². The molecule has 0 saturated carbocycles. The molecule has 0 aromatic carbocycles. The number of carbonyl (C=O) groups excluding carboxylic acids is 1. The highest BCUT2D eigenvalue weighted by Gasteiger charge is 2.33. The highest BCUT2D eigenvalue weighted by molar-refractivity contribution is 5.88. The lowest BCUT2D eigenvalue weighted by atomic mass is 10.2. The number of ether oxygens (including phenoxy) is 1. The van der Waals surface area contributed by atoms with E-state index in [9.17, 15) is 4.79 Å². The molecule has 64 valence electrons. The second kappa shape index (κ2) is 3.18. The zero-order chi connectivity index (χ0) is 9.14. The van der Waals surface area contributed by atoms with Gasteiger partial charge in [-0.3, -0.25) is 0 Å². The van der Waals surface area contributed by atoms with Gasteiger partial charge < -0.3 is 14.9 Å². The summed E-state index contributed by atoms with van der Waals surface area (Å²) in [4.78, 5) is 10.6. The lowest BCUT2D eigenvalue weighted by molar-refractivity contribution is -0.142. The maximum Gasteiger partial charge on any atom is 0.377 e. The van der Waals surface area contributed by atoms with Gasteiger partial charge >= 0.3 is 5.97 Å². The summed E-state index contributed by atoms with van der Waals surface area (Å²) in [6.45, 7) is 0. The lowest BCUT2D eigenvalue weighted by Gasteiger charge is -2.06. The first-order valence-corrected chi connectivity index (χ1v) is 3.43. The number of terminal acetylenes is 1. The van der Waals surface area contributed by atoms with Gasteiger partial charge in [0.1, 0.15) is 0 Å². The van der Waals surface area contributed by atoms with Crippen LogP contribution in [0.3, 0.4) is 0 Å². The van der Waals surface area contributed by atoms with Crippen molar-refractivity contribution in [2.45, 2.75) is 18.9 Å². The van der Waals surface area contributed by atoms with Gasteiger partial charge in [-0.05, 0) is 0 Å². The van der Waals surface area contributed by atoms with Gasteiger partial charge in [0, 0.05) is 12.8 Å². The SMILES string of the molecule is C#CCCC1OC(=O)C(O)=C1O. The van der Waals surface area contributed by atoms with Gasteiger partial charge in [-0.15, -0.1) is 12.3 Å². The van der Waals surface area contributed by atoms with E-state index in [-0.39, 0.29) is 0 Å². The normalized spacial score (nSPS) is 22.2. The first kappa shape index (κ1) is 8.47. The molecule has 0 fully saturated rings. The Kier molecular flexibility index (Phi) is 2.24. The van der Waals surface area contributed by atoms with Crippen LogP contribution in [0.2, 0.25) is 0 Å². The molecule has 12 heavy (non-hydrogen) atoms. The van der Waals surface area contributed by atoms with E-state index in [0.717, 1.165) is 0 Å². The van der Waals surface area contributed by atoms with Crippen molar-refractivity contribution in [1.29, 1.82) is 0 Å². The Labute approximate surface area is 69.5 Å². The van der Waals surface area contributed by atoms with E-state index in [0.29, 0.717) is 12.8 Å². The molecule has 0 aromatic heterocycles. The fourth-order valence-corrected chi connectivity index (χ4v) is 0.908. The van der Waals surface area contributed by atoms with E-state index in [4.69, 9.17) is 16.6 Å². The summed E-state index contributed by atoms with van der Waals surface area (Å²) in [6, 6.07) is 0. The van der Waals surface area contributed by atoms with E-state index in [1.807, 2.05) is 0 Å². The van der Waals surface area contributed by atoms with E-state index >= 15 is 0 Å². The van der Waals surface area contributed by atoms with Crippen LogP contribution in [0.15, 0.2) is 11.5 Å². The third-order valence-corrected chi connectivity index (χ3v) is 1.54. The molecule has 1 rings (SSSR count). The third kappa shape index (κ3) is 1.35. The fraction of sp³-hybridized carbons (Fsp3) is 0.375. The average molecular weight is 168 g/mol. The van der Waals surface area contributed by atoms with Crippen molar-refractivity contribution >= 4 is 5.97 Å². The van der Waals surface area contributed by atoms with Crippen LogP contribution >= 0.6 is 0 Å². The molecule has 0 saturated heterocycles. The second-order valence-corrected chi connectivity index (χ2v) is 2.37. The van der Waals surface area contributed by atoms with Crippen molar-refractivity contribution in [3.05, 3.63) is 11.5 Å². The Morgan fingerprint density at radius 2 is 2.25 bits per heavy atom. The first-order chi connectivity index (χ1) is 5.66. The fourth-order valence-electron chi connectivity index (χ4n) is 0.908. The number of aliphatic hydroxyl groups is 2. The average Bonchev–Trinajstić information content (AvgIpc) is 2.30. The van der Waals surface area contributed by atoms with Gasteiger partial charge in [-0.1, -0.05) is 0 Å².